The van der Waals surface area contributed by atoms with Crippen molar-refractivity contribution in [2.75, 3.05) is 19.0 Å². The van der Waals surface area contributed by atoms with Crippen molar-refractivity contribution >= 4 is 21.8 Å². The van der Waals surface area contributed by atoms with Gasteiger partial charge in [-0.1, -0.05) is 27.6 Å². The van der Waals surface area contributed by atoms with E-state index in [4.69, 9.17) is 4.74 Å². The summed E-state index contributed by atoms with van der Waals surface area (Å²) in [5, 5.41) is 0.937. The molecule has 1 saturated heterocycles. The number of rotatable bonds is 4. The van der Waals surface area contributed by atoms with E-state index in [1.807, 2.05) is 30.0 Å². The summed E-state index contributed by atoms with van der Waals surface area (Å²) >= 11 is 3.49. The van der Waals surface area contributed by atoms with Crippen LogP contribution in [0.3, 0.4) is 0 Å². The van der Waals surface area contributed by atoms with E-state index in [-0.39, 0.29) is 5.91 Å². The number of aryl methyl sites for hydroxylation is 1. The van der Waals surface area contributed by atoms with Crippen LogP contribution < -0.4 is 4.74 Å². The molecule has 3 nitrogen and oxygen atoms in total. The second kappa shape index (κ2) is 7.11. The fraction of sp³-hybridized carbons (Fsp3) is 0.562. The third-order valence-electron chi connectivity index (χ3n) is 3.92. The summed E-state index contributed by atoms with van der Waals surface area (Å²) in [5.41, 5.74) is 1.78. The number of carbonyl (C=O) groups is 1. The highest BCUT2D eigenvalue weighted by atomic mass is 79.9. The number of methoxy groups -OCH3 is 1. The normalized spacial score (nSPS) is 18.9. The second-order valence-corrected chi connectivity index (χ2v) is 6.12. The van der Waals surface area contributed by atoms with E-state index < -0.39 is 0 Å². The fourth-order valence-electron chi connectivity index (χ4n) is 2.84. The SMILES string of the molecule is COc1ccc(C)cc1C(=O)N1CCCCC1CCBr. The number of hydrogen-bond donors (Lipinski definition) is 0. The van der Waals surface area contributed by atoms with Crippen molar-refractivity contribution in [2.45, 2.75) is 38.6 Å². The molecule has 0 bridgehead atoms. The van der Waals surface area contributed by atoms with Crippen LogP contribution in [0.4, 0.5) is 0 Å². The number of piperidine rings is 1. The van der Waals surface area contributed by atoms with Crippen LogP contribution in [-0.2, 0) is 0 Å². The van der Waals surface area contributed by atoms with E-state index >= 15 is 0 Å². The lowest BCUT2D eigenvalue weighted by Gasteiger charge is -2.36. The minimum atomic E-state index is 0.108. The van der Waals surface area contributed by atoms with Crippen LogP contribution in [0.25, 0.3) is 0 Å². The Balaban J connectivity index is 2.26. The van der Waals surface area contributed by atoms with Gasteiger partial charge in [0, 0.05) is 17.9 Å². The van der Waals surface area contributed by atoms with Crippen LogP contribution in [0.15, 0.2) is 18.2 Å². The predicted octanol–water partition coefficient (Wildman–Crippen LogP) is 3.78. The lowest BCUT2D eigenvalue weighted by atomic mass is 9.98. The summed E-state index contributed by atoms with van der Waals surface area (Å²) in [5.74, 6) is 0.778. The molecule has 1 aliphatic heterocycles. The van der Waals surface area contributed by atoms with Crippen molar-refractivity contribution in [1.82, 2.24) is 4.90 Å². The number of nitrogens with zero attached hydrogens (tertiary/aromatic N) is 1. The van der Waals surface area contributed by atoms with E-state index in [0.29, 0.717) is 17.4 Å². The molecule has 1 aromatic carbocycles. The zero-order valence-corrected chi connectivity index (χ0v) is 13.8. The molecule has 1 atom stereocenters. The number of carbonyl (C=O) groups excluding carboxylic acids is 1. The quantitative estimate of drug-likeness (QED) is 0.781. The van der Waals surface area contributed by atoms with Crippen molar-refractivity contribution in [1.29, 1.82) is 0 Å². The monoisotopic (exact) mass is 339 g/mol. The Morgan fingerprint density at radius 2 is 2.25 bits per heavy atom. The van der Waals surface area contributed by atoms with Gasteiger partial charge >= 0.3 is 0 Å². The number of benzene rings is 1. The molecule has 4 heteroatoms. The molecule has 110 valence electrons. The van der Waals surface area contributed by atoms with Crippen LogP contribution in [0.2, 0.25) is 0 Å². The molecule has 0 N–H and O–H groups in total. The van der Waals surface area contributed by atoms with Gasteiger partial charge in [0.15, 0.2) is 0 Å². The number of amides is 1. The van der Waals surface area contributed by atoms with E-state index in [1.54, 1.807) is 7.11 Å². The van der Waals surface area contributed by atoms with Gasteiger partial charge in [-0.3, -0.25) is 4.79 Å². The van der Waals surface area contributed by atoms with Crippen LogP contribution in [-0.4, -0.2) is 35.8 Å². The highest BCUT2D eigenvalue weighted by Gasteiger charge is 2.28. The minimum absolute atomic E-state index is 0.108. The number of hydrogen-bond acceptors (Lipinski definition) is 2. The molecule has 2 rings (SSSR count). The molecule has 1 fully saturated rings. The van der Waals surface area contributed by atoms with Crippen molar-refractivity contribution < 1.29 is 9.53 Å². The maximum atomic E-state index is 12.8. The van der Waals surface area contributed by atoms with Gasteiger partial charge in [-0.05, 0) is 44.7 Å². The standard InChI is InChI=1S/C16H22BrNO2/c1-12-6-7-15(20-2)14(11-12)16(19)18-10-4-3-5-13(18)8-9-17/h6-7,11,13H,3-5,8-10H2,1-2H3. The smallest absolute Gasteiger partial charge is 0.257 e. The number of alkyl halides is 1. The first kappa shape index (κ1) is 15.4. The van der Waals surface area contributed by atoms with Gasteiger partial charge in [0.25, 0.3) is 5.91 Å². The third kappa shape index (κ3) is 3.35. The zero-order valence-electron chi connectivity index (χ0n) is 12.2. The summed E-state index contributed by atoms with van der Waals surface area (Å²) in [6.45, 7) is 2.86. The van der Waals surface area contributed by atoms with E-state index in [0.717, 1.165) is 36.7 Å². The van der Waals surface area contributed by atoms with Gasteiger partial charge in [0.1, 0.15) is 5.75 Å². The third-order valence-corrected chi connectivity index (χ3v) is 4.37. The molecule has 0 aromatic heterocycles. The summed E-state index contributed by atoms with van der Waals surface area (Å²) in [4.78, 5) is 14.9. The largest absolute Gasteiger partial charge is 0.496 e. The Morgan fingerprint density at radius 1 is 1.45 bits per heavy atom. The molecule has 0 aliphatic carbocycles. The molecule has 0 spiro atoms. The summed E-state index contributed by atoms with van der Waals surface area (Å²) in [6, 6.07) is 6.13. The fourth-order valence-corrected chi connectivity index (χ4v) is 3.37. The van der Waals surface area contributed by atoms with Gasteiger partial charge in [0.05, 0.1) is 12.7 Å². The second-order valence-electron chi connectivity index (χ2n) is 5.33. The zero-order chi connectivity index (χ0) is 14.5. The number of halogens is 1. The summed E-state index contributed by atoms with van der Waals surface area (Å²) in [7, 11) is 1.62. The maximum absolute atomic E-state index is 12.8. The molecule has 1 amide bonds. The molecular weight excluding hydrogens is 318 g/mol. The molecule has 1 aliphatic rings. The van der Waals surface area contributed by atoms with Crippen LogP contribution >= 0.6 is 15.9 Å². The maximum Gasteiger partial charge on any atom is 0.257 e. The highest BCUT2D eigenvalue weighted by molar-refractivity contribution is 9.09. The van der Waals surface area contributed by atoms with E-state index in [9.17, 15) is 4.79 Å². The first-order valence-corrected chi connectivity index (χ1v) is 8.31. The molecule has 0 radical (unpaired) electrons. The Labute approximate surface area is 129 Å². The van der Waals surface area contributed by atoms with Crippen LogP contribution in [0, 0.1) is 6.92 Å². The first-order valence-electron chi connectivity index (χ1n) is 7.19. The molecule has 0 saturated carbocycles. The topological polar surface area (TPSA) is 29.5 Å². The van der Waals surface area contributed by atoms with Gasteiger partial charge in [-0.25, -0.2) is 0 Å². The first-order chi connectivity index (χ1) is 9.67. The molecule has 1 unspecified atom stereocenters. The number of likely N-dealkylation sites (tertiary alicyclic amines) is 1. The van der Waals surface area contributed by atoms with E-state index in [2.05, 4.69) is 15.9 Å². The van der Waals surface area contributed by atoms with Crippen molar-refractivity contribution in [3.8, 4) is 5.75 Å². The highest BCUT2D eigenvalue weighted by Crippen LogP contribution is 2.27. The van der Waals surface area contributed by atoms with Gasteiger partial charge < -0.3 is 9.64 Å². The van der Waals surface area contributed by atoms with Gasteiger partial charge in [-0.2, -0.15) is 0 Å². The van der Waals surface area contributed by atoms with Gasteiger partial charge in [-0.15, -0.1) is 0 Å². The van der Waals surface area contributed by atoms with E-state index in [1.165, 1.54) is 6.42 Å². The van der Waals surface area contributed by atoms with Crippen molar-refractivity contribution in [3.63, 3.8) is 0 Å². The predicted molar refractivity (Wildman–Crippen MR) is 84.8 cm³/mol. The van der Waals surface area contributed by atoms with Crippen LogP contribution in [0.1, 0.15) is 41.6 Å². The molecule has 20 heavy (non-hydrogen) atoms. The summed E-state index contributed by atoms with van der Waals surface area (Å²) in [6.07, 6.45) is 4.43. The average Bonchev–Trinajstić information content (AvgIpc) is 2.47. The lowest BCUT2D eigenvalue weighted by Crippen LogP contribution is -2.44. The van der Waals surface area contributed by atoms with Gasteiger partial charge in [0.2, 0.25) is 0 Å². The Kier molecular flexibility index (Phi) is 5.46. The van der Waals surface area contributed by atoms with Crippen molar-refractivity contribution in [2.24, 2.45) is 0 Å². The Hall–Kier alpha value is -1.03. The van der Waals surface area contributed by atoms with Crippen LogP contribution in [0.5, 0.6) is 5.75 Å². The Morgan fingerprint density at radius 3 is 2.95 bits per heavy atom. The van der Waals surface area contributed by atoms with Crippen molar-refractivity contribution in [3.05, 3.63) is 29.3 Å². The molecule has 1 aromatic rings. The molecule has 1 heterocycles. The number of ether oxygens (including phenoxy) is 1. The lowest BCUT2D eigenvalue weighted by molar-refractivity contribution is 0.0606. The molecular formula is C16H22BrNO2. The average molecular weight is 340 g/mol. The minimum Gasteiger partial charge on any atom is -0.496 e. The Bertz CT molecular complexity index is 474. The summed E-state index contributed by atoms with van der Waals surface area (Å²) < 4.78 is 5.35.